The fourth-order valence-electron chi connectivity index (χ4n) is 1.83. The summed E-state index contributed by atoms with van der Waals surface area (Å²) in [6, 6.07) is 4.65. The summed E-state index contributed by atoms with van der Waals surface area (Å²) in [5, 5.41) is 2.75. The highest BCUT2D eigenvalue weighted by atomic mass is 35.5. The molecule has 0 spiro atoms. The lowest BCUT2D eigenvalue weighted by molar-refractivity contribution is -0.122. The Labute approximate surface area is 105 Å². The smallest absolute Gasteiger partial charge is 0.231 e. The largest absolute Gasteiger partial charge is 0.324 e. The molecule has 92 valence electrons. The van der Waals surface area contributed by atoms with Crippen LogP contribution in [0.2, 0.25) is 5.02 Å². The molecule has 4 nitrogen and oxygen atoms in total. The zero-order valence-corrected chi connectivity index (χ0v) is 11.0. The molecule has 1 N–H and O–H groups in total. The number of rotatable bonds is 0. The summed E-state index contributed by atoms with van der Waals surface area (Å²) in [6.45, 7) is 3.19. The zero-order chi connectivity index (χ0) is 12.8. The van der Waals surface area contributed by atoms with E-state index in [-0.39, 0.29) is 27.3 Å². The van der Waals surface area contributed by atoms with Crippen molar-refractivity contribution in [2.75, 3.05) is 11.1 Å². The van der Waals surface area contributed by atoms with E-state index in [9.17, 15) is 13.2 Å². The van der Waals surface area contributed by atoms with Gasteiger partial charge in [-0.1, -0.05) is 31.5 Å². The summed E-state index contributed by atoms with van der Waals surface area (Å²) in [6.07, 6.45) is 0. The van der Waals surface area contributed by atoms with Crippen LogP contribution in [-0.2, 0) is 14.6 Å². The molecule has 0 aromatic heterocycles. The molecule has 1 aromatic carbocycles. The number of hydrogen-bond acceptors (Lipinski definition) is 3. The molecule has 2 rings (SSSR count). The van der Waals surface area contributed by atoms with Gasteiger partial charge in [-0.15, -0.1) is 0 Å². The molecule has 0 aliphatic carbocycles. The molecule has 0 atom stereocenters. The standard InChI is InChI=1S/C11H12ClNO3S/c1-11(2)6-17(15,16)9-7(12)4-3-5-8(9)13-10(11)14/h3-5H,6H2,1-2H3,(H,13,14). The molecule has 1 aliphatic heterocycles. The Bertz CT molecular complexity index is 593. The molecule has 0 saturated carbocycles. The number of benzene rings is 1. The molecule has 0 saturated heterocycles. The van der Waals surface area contributed by atoms with Gasteiger partial charge in [0.05, 0.1) is 21.9 Å². The third kappa shape index (κ3) is 2.05. The number of hydrogen-bond donors (Lipinski definition) is 1. The maximum atomic E-state index is 12.2. The summed E-state index contributed by atoms with van der Waals surface area (Å²) < 4.78 is 24.4. The maximum Gasteiger partial charge on any atom is 0.231 e. The molecule has 0 unspecified atom stereocenters. The second kappa shape index (κ2) is 3.71. The van der Waals surface area contributed by atoms with Crippen LogP contribution < -0.4 is 5.32 Å². The Morgan fingerprint density at radius 1 is 1.35 bits per heavy atom. The minimum Gasteiger partial charge on any atom is -0.324 e. The van der Waals surface area contributed by atoms with Crippen LogP contribution >= 0.6 is 11.6 Å². The first-order valence-electron chi connectivity index (χ1n) is 5.07. The van der Waals surface area contributed by atoms with Crippen LogP contribution in [0.15, 0.2) is 23.1 Å². The summed E-state index contributed by atoms with van der Waals surface area (Å²) in [4.78, 5) is 11.9. The van der Waals surface area contributed by atoms with Crippen molar-refractivity contribution in [3.63, 3.8) is 0 Å². The Hall–Kier alpha value is -1.07. The van der Waals surface area contributed by atoms with E-state index in [1.54, 1.807) is 19.9 Å². The van der Waals surface area contributed by atoms with E-state index in [4.69, 9.17) is 11.6 Å². The first-order valence-corrected chi connectivity index (χ1v) is 7.10. The predicted octanol–water partition coefficient (Wildman–Crippen LogP) is 2.09. The van der Waals surface area contributed by atoms with Crippen molar-refractivity contribution < 1.29 is 13.2 Å². The van der Waals surface area contributed by atoms with Crippen LogP contribution in [0, 0.1) is 5.41 Å². The summed E-state index contributed by atoms with van der Waals surface area (Å²) in [5.74, 6) is -0.565. The first kappa shape index (κ1) is 12.4. The quantitative estimate of drug-likeness (QED) is 0.787. The molecule has 0 fully saturated rings. The normalized spacial score (nSPS) is 21.2. The SMILES string of the molecule is CC1(C)CS(=O)(=O)c2c(Cl)cccc2NC1=O. The van der Waals surface area contributed by atoms with Crippen LogP contribution in [0.1, 0.15) is 13.8 Å². The highest BCUT2D eigenvalue weighted by molar-refractivity contribution is 7.91. The fraction of sp³-hybridized carbons (Fsp3) is 0.364. The van der Waals surface area contributed by atoms with Crippen molar-refractivity contribution in [3.8, 4) is 0 Å². The molecule has 1 aliphatic rings. The van der Waals surface area contributed by atoms with E-state index in [2.05, 4.69) is 5.32 Å². The van der Waals surface area contributed by atoms with E-state index >= 15 is 0 Å². The average molecular weight is 274 g/mol. The lowest BCUT2D eigenvalue weighted by Crippen LogP contribution is -2.34. The van der Waals surface area contributed by atoms with Crippen LogP contribution in [0.25, 0.3) is 0 Å². The molecule has 0 radical (unpaired) electrons. The van der Waals surface area contributed by atoms with Gasteiger partial charge in [-0.2, -0.15) is 0 Å². The molecular weight excluding hydrogens is 262 g/mol. The van der Waals surface area contributed by atoms with Crippen molar-refractivity contribution in [1.29, 1.82) is 0 Å². The van der Waals surface area contributed by atoms with Crippen molar-refractivity contribution >= 4 is 33.0 Å². The van der Waals surface area contributed by atoms with E-state index in [0.29, 0.717) is 0 Å². The number of halogens is 1. The van der Waals surface area contributed by atoms with Gasteiger partial charge >= 0.3 is 0 Å². The number of fused-ring (bicyclic) bond motifs is 1. The van der Waals surface area contributed by atoms with Crippen LogP contribution in [0.5, 0.6) is 0 Å². The average Bonchev–Trinajstić information content (AvgIpc) is 2.20. The highest BCUT2D eigenvalue weighted by Crippen LogP contribution is 2.37. The van der Waals surface area contributed by atoms with Crippen molar-refractivity contribution in [3.05, 3.63) is 23.2 Å². The maximum absolute atomic E-state index is 12.2. The molecule has 1 aromatic rings. The van der Waals surface area contributed by atoms with Gasteiger partial charge in [0.2, 0.25) is 5.91 Å². The third-order valence-corrected chi connectivity index (χ3v) is 5.28. The Morgan fingerprint density at radius 2 is 2.00 bits per heavy atom. The topological polar surface area (TPSA) is 63.2 Å². The van der Waals surface area contributed by atoms with Gasteiger partial charge in [0.25, 0.3) is 0 Å². The number of carbonyl (C=O) groups is 1. The lowest BCUT2D eigenvalue weighted by Gasteiger charge is -2.18. The van der Waals surface area contributed by atoms with Crippen molar-refractivity contribution in [1.82, 2.24) is 0 Å². The second-order valence-corrected chi connectivity index (χ2v) is 7.05. The number of carbonyl (C=O) groups excluding carboxylic acids is 1. The second-order valence-electron chi connectivity index (χ2n) is 4.71. The van der Waals surface area contributed by atoms with Crippen LogP contribution in [0.3, 0.4) is 0 Å². The number of sulfone groups is 1. The minimum atomic E-state index is -3.57. The van der Waals surface area contributed by atoms with Gasteiger partial charge in [-0.25, -0.2) is 8.42 Å². The highest BCUT2D eigenvalue weighted by Gasteiger charge is 2.39. The lowest BCUT2D eigenvalue weighted by atomic mass is 9.95. The van der Waals surface area contributed by atoms with E-state index in [0.717, 1.165) is 0 Å². The van der Waals surface area contributed by atoms with Gasteiger partial charge in [0.1, 0.15) is 4.90 Å². The van der Waals surface area contributed by atoms with Crippen molar-refractivity contribution in [2.24, 2.45) is 5.41 Å². The zero-order valence-electron chi connectivity index (χ0n) is 9.45. The van der Waals surface area contributed by atoms with E-state index < -0.39 is 15.3 Å². The Balaban J connectivity index is 2.73. The first-order chi connectivity index (χ1) is 7.74. The molecule has 0 bridgehead atoms. The molecule has 17 heavy (non-hydrogen) atoms. The number of amides is 1. The minimum absolute atomic E-state index is 0.0144. The van der Waals surface area contributed by atoms with Gasteiger partial charge in [0.15, 0.2) is 9.84 Å². The predicted molar refractivity (Wildman–Crippen MR) is 65.9 cm³/mol. The number of nitrogens with one attached hydrogen (secondary N) is 1. The fourth-order valence-corrected chi connectivity index (χ4v) is 4.40. The number of anilines is 1. The van der Waals surface area contributed by atoms with Crippen LogP contribution in [-0.4, -0.2) is 20.1 Å². The Morgan fingerprint density at radius 3 is 2.65 bits per heavy atom. The molecular formula is C11H12ClNO3S. The van der Waals surface area contributed by atoms with Crippen LogP contribution in [0.4, 0.5) is 5.69 Å². The third-order valence-electron chi connectivity index (χ3n) is 2.69. The summed E-state index contributed by atoms with van der Waals surface area (Å²) in [7, 11) is -3.57. The molecule has 1 heterocycles. The molecule has 6 heteroatoms. The summed E-state index contributed by atoms with van der Waals surface area (Å²) >= 11 is 5.91. The van der Waals surface area contributed by atoms with Crippen molar-refractivity contribution in [2.45, 2.75) is 18.7 Å². The molecule has 1 amide bonds. The van der Waals surface area contributed by atoms with Gasteiger partial charge in [-0.3, -0.25) is 4.79 Å². The van der Waals surface area contributed by atoms with Gasteiger partial charge in [0, 0.05) is 0 Å². The monoisotopic (exact) mass is 273 g/mol. The van der Waals surface area contributed by atoms with E-state index in [1.807, 2.05) is 0 Å². The van der Waals surface area contributed by atoms with Gasteiger partial charge in [-0.05, 0) is 12.1 Å². The summed E-state index contributed by atoms with van der Waals surface area (Å²) in [5.41, 5.74) is -0.714. The van der Waals surface area contributed by atoms with E-state index in [1.165, 1.54) is 12.1 Å². The Kier molecular flexibility index (Phi) is 2.71. The van der Waals surface area contributed by atoms with Gasteiger partial charge < -0.3 is 5.32 Å².